The number of aromatic nitrogens is 3. The highest BCUT2D eigenvalue weighted by atomic mass is 32.1. The lowest BCUT2D eigenvalue weighted by molar-refractivity contribution is 1.04. The Morgan fingerprint density at radius 2 is 0.900 bits per heavy atom. The van der Waals surface area contributed by atoms with Crippen molar-refractivity contribution >= 4 is 85.6 Å². The molecule has 0 amide bonds. The lowest BCUT2D eigenvalue weighted by Gasteiger charge is -2.12. The number of benzene rings is 8. The van der Waals surface area contributed by atoms with Crippen molar-refractivity contribution in [3.8, 4) is 28.2 Å². The summed E-state index contributed by atoms with van der Waals surface area (Å²) in [6.45, 7) is 0. The van der Waals surface area contributed by atoms with E-state index in [1.165, 1.54) is 74.4 Å². The molecular weight excluding hydrogens is 627 g/mol. The highest BCUT2D eigenvalue weighted by molar-refractivity contribution is 7.25. The summed E-state index contributed by atoms with van der Waals surface area (Å²) < 4.78 is 4.92. The van der Waals surface area contributed by atoms with E-state index < -0.39 is 0 Å². The van der Waals surface area contributed by atoms with E-state index in [9.17, 15) is 0 Å². The first-order valence-electron chi connectivity index (χ1n) is 16.9. The molecule has 0 saturated carbocycles. The highest BCUT2D eigenvalue weighted by Crippen LogP contribution is 2.40. The van der Waals surface area contributed by atoms with Crippen molar-refractivity contribution in [2.24, 2.45) is 0 Å². The van der Waals surface area contributed by atoms with Gasteiger partial charge in [-0.2, -0.15) is 0 Å². The number of hydrogen-bond acceptors (Lipinski definition) is 3. The van der Waals surface area contributed by atoms with Gasteiger partial charge in [0.1, 0.15) is 12.1 Å². The predicted octanol–water partition coefficient (Wildman–Crippen LogP) is 12.7. The first-order chi connectivity index (χ1) is 24.8. The molecule has 3 heterocycles. The average molecular weight is 654 g/mol. The number of para-hydroxylation sites is 1. The van der Waals surface area contributed by atoms with Crippen LogP contribution in [0.2, 0.25) is 0 Å². The normalized spacial score (nSPS) is 12.0. The van der Waals surface area contributed by atoms with Crippen LogP contribution in [-0.2, 0) is 0 Å². The van der Waals surface area contributed by atoms with E-state index in [0.717, 1.165) is 28.1 Å². The van der Waals surface area contributed by atoms with E-state index in [1.54, 1.807) is 6.33 Å². The molecule has 0 saturated heterocycles. The minimum absolute atomic E-state index is 0.851. The molecule has 3 aromatic heterocycles. The van der Waals surface area contributed by atoms with Gasteiger partial charge in [-0.15, -0.1) is 11.3 Å². The third kappa shape index (κ3) is 4.03. The van der Waals surface area contributed by atoms with Gasteiger partial charge in [0.2, 0.25) is 0 Å². The van der Waals surface area contributed by atoms with Crippen LogP contribution in [0, 0.1) is 0 Å². The standard InChI is InChI=1S/C46H27N3S/c1-2-11-33-31(9-1)32-10-3-4-12-34(32)38-25-30(17-20-35(33)38)41-26-46(48-27-47-41)49-42-15-7-5-13-36(42)39-23-28(18-21-43(39)49)29-19-22-45-40(24-29)37-14-6-8-16-44(37)50-45/h1-27H. The summed E-state index contributed by atoms with van der Waals surface area (Å²) in [7, 11) is 0. The van der Waals surface area contributed by atoms with E-state index >= 15 is 0 Å². The molecule has 0 radical (unpaired) electrons. The maximum absolute atomic E-state index is 4.85. The van der Waals surface area contributed by atoms with Crippen LogP contribution in [0.3, 0.4) is 0 Å². The maximum Gasteiger partial charge on any atom is 0.141 e. The highest BCUT2D eigenvalue weighted by Gasteiger charge is 2.16. The zero-order valence-corrected chi connectivity index (χ0v) is 27.7. The number of nitrogens with zero attached hydrogens (tertiary/aromatic N) is 3. The van der Waals surface area contributed by atoms with Crippen molar-refractivity contribution in [1.82, 2.24) is 14.5 Å². The summed E-state index contributed by atoms with van der Waals surface area (Å²) in [5.41, 5.74) is 6.64. The summed E-state index contributed by atoms with van der Waals surface area (Å²) in [6.07, 6.45) is 1.70. The Bertz CT molecular complexity index is 3130. The van der Waals surface area contributed by atoms with Crippen LogP contribution in [0.1, 0.15) is 0 Å². The summed E-state index contributed by atoms with van der Waals surface area (Å²) in [4.78, 5) is 9.65. The van der Waals surface area contributed by atoms with Crippen LogP contribution < -0.4 is 0 Å². The Morgan fingerprint density at radius 3 is 1.68 bits per heavy atom. The summed E-state index contributed by atoms with van der Waals surface area (Å²) in [5, 5.41) is 12.6. The second-order valence-electron chi connectivity index (χ2n) is 13.0. The van der Waals surface area contributed by atoms with Crippen LogP contribution in [0.25, 0.3) is 102 Å². The summed E-state index contributed by atoms with van der Waals surface area (Å²) in [6, 6.07) is 57.3. The zero-order chi connectivity index (χ0) is 32.8. The minimum atomic E-state index is 0.851. The molecule has 8 aromatic carbocycles. The molecule has 0 aliphatic rings. The molecule has 0 aliphatic heterocycles. The molecule has 232 valence electrons. The Kier molecular flexibility index (Phi) is 5.83. The van der Waals surface area contributed by atoms with Crippen LogP contribution in [-0.4, -0.2) is 14.5 Å². The van der Waals surface area contributed by atoms with E-state index in [4.69, 9.17) is 9.97 Å². The lowest BCUT2D eigenvalue weighted by atomic mass is 9.93. The van der Waals surface area contributed by atoms with Gasteiger partial charge >= 0.3 is 0 Å². The van der Waals surface area contributed by atoms with Gasteiger partial charge in [-0.1, -0.05) is 109 Å². The molecule has 0 spiro atoms. The summed E-state index contributed by atoms with van der Waals surface area (Å²) in [5.74, 6) is 0.851. The monoisotopic (exact) mass is 653 g/mol. The fourth-order valence-corrected chi connectivity index (χ4v) is 9.09. The fourth-order valence-electron chi connectivity index (χ4n) is 8.00. The molecule has 0 N–H and O–H groups in total. The Balaban J connectivity index is 1.07. The second kappa shape index (κ2) is 10.6. The molecule has 3 nitrogen and oxygen atoms in total. The maximum atomic E-state index is 4.85. The van der Waals surface area contributed by atoms with Gasteiger partial charge in [-0.25, -0.2) is 9.97 Å². The average Bonchev–Trinajstić information content (AvgIpc) is 3.73. The van der Waals surface area contributed by atoms with Crippen LogP contribution in [0.4, 0.5) is 0 Å². The largest absolute Gasteiger partial charge is 0.294 e. The third-order valence-corrected chi connectivity index (χ3v) is 11.5. The Labute approximate surface area is 291 Å². The minimum Gasteiger partial charge on any atom is -0.294 e. The second-order valence-corrected chi connectivity index (χ2v) is 14.1. The van der Waals surface area contributed by atoms with E-state index in [1.807, 2.05) is 11.3 Å². The third-order valence-electron chi connectivity index (χ3n) is 10.3. The van der Waals surface area contributed by atoms with Crippen molar-refractivity contribution in [3.63, 3.8) is 0 Å². The molecule has 11 aromatic rings. The van der Waals surface area contributed by atoms with E-state index in [-0.39, 0.29) is 0 Å². The molecule has 0 bridgehead atoms. The van der Waals surface area contributed by atoms with Crippen molar-refractivity contribution < 1.29 is 0 Å². The molecular formula is C46H27N3S. The molecule has 11 rings (SSSR count). The van der Waals surface area contributed by atoms with Gasteiger partial charge in [-0.3, -0.25) is 4.57 Å². The summed E-state index contributed by atoms with van der Waals surface area (Å²) >= 11 is 1.86. The fraction of sp³-hybridized carbons (Fsp3) is 0. The Hall–Kier alpha value is -6.36. The van der Waals surface area contributed by atoms with E-state index in [2.05, 4.69) is 162 Å². The van der Waals surface area contributed by atoms with Gasteiger partial charge < -0.3 is 0 Å². The van der Waals surface area contributed by atoms with Crippen molar-refractivity contribution in [2.75, 3.05) is 0 Å². The first-order valence-corrected chi connectivity index (χ1v) is 17.7. The van der Waals surface area contributed by atoms with Gasteiger partial charge in [0.15, 0.2) is 0 Å². The quantitative estimate of drug-likeness (QED) is 0.178. The SMILES string of the molecule is c1ccc2c(c1)sc1ccc(-c3ccc4c(c3)c3ccccc3n4-c3cc(-c4ccc5c6ccccc6c6ccccc6c5c4)ncn3)cc12. The van der Waals surface area contributed by atoms with Gasteiger partial charge in [0.05, 0.1) is 16.7 Å². The molecule has 0 unspecified atom stereocenters. The number of fused-ring (bicyclic) bond motifs is 12. The lowest BCUT2D eigenvalue weighted by Crippen LogP contribution is -1.99. The van der Waals surface area contributed by atoms with Crippen LogP contribution in [0.5, 0.6) is 0 Å². The molecule has 0 aliphatic carbocycles. The zero-order valence-electron chi connectivity index (χ0n) is 26.8. The first kappa shape index (κ1) is 27.6. The molecule has 0 atom stereocenters. The number of thiophene rings is 1. The van der Waals surface area contributed by atoms with Crippen LogP contribution in [0.15, 0.2) is 164 Å². The van der Waals surface area contributed by atoms with Crippen LogP contribution >= 0.6 is 11.3 Å². The van der Waals surface area contributed by atoms with Crippen molar-refractivity contribution in [1.29, 1.82) is 0 Å². The molecule has 0 fully saturated rings. The topological polar surface area (TPSA) is 30.7 Å². The van der Waals surface area contributed by atoms with E-state index in [0.29, 0.717) is 0 Å². The number of hydrogen-bond donors (Lipinski definition) is 0. The molecule has 4 heteroatoms. The van der Waals surface area contributed by atoms with Gasteiger partial charge in [-0.05, 0) is 85.9 Å². The smallest absolute Gasteiger partial charge is 0.141 e. The van der Waals surface area contributed by atoms with Gasteiger partial charge in [0, 0.05) is 42.6 Å². The van der Waals surface area contributed by atoms with Crippen molar-refractivity contribution in [3.05, 3.63) is 164 Å². The predicted molar refractivity (Wildman–Crippen MR) is 213 cm³/mol. The number of rotatable bonds is 3. The van der Waals surface area contributed by atoms with Gasteiger partial charge in [0.25, 0.3) is 0 Å². The Morgan fingerprint density at radius 1 is 0.360 bits per heavy atom. The van der Waals surface area contributed by atoms with Crippen molar-refractivity contribution in [2.45, 2.75) is 0 Å². The molecule has 50 heavy (non-hydrogen) atoms.